The fourth-order valence-corrected chi connectivity index (χ4v) is 2.08. The van der Waals surface area contributed by atoms with Crippen molar-refractivity contribution in [2.75, 3.05) is 7.11 Å². The minimum absolute atomic E-state index is 0.102. The molecule has 2 nitrogen and oxygen atoms in total. The van der Waals surface area contributed by atoms with Gasteiger partial charge in [-0.25, -0.2) is 9.78 Å². The lowest BCUT2D eigenvalue weighted by molar-refractivity contribution is -0.349. The van der Waals surface area contributed by atoms with Crippen LogP contribution in [0.1, 0.15) is 46.0 Å². The lowest BCUT2D eigenvalue weighted by Crippen LogP contribution is -2.35. The summed E-state index contributed by atoms with van der Waals surface area (Å²) in [6.45, 7) is 4.24. The zero-order valence-electron chi connectivity index (χ0n) is 8.43. The molecular formula is C10H20O2. The Morgan fingerprint density at radius 1 is 1.08 bits per heavy atom. The van der Waals surface area contributed by atoms with Crippen LogP contribution in [0.25, 0.3) is 0 Å². The fourth-order valence-electron chi connectivity index (χ4n) is 2.08. The standard InChI is InChI=1S/C10H20O2/c1-10(2,12-11-3)9-7-5-4-6-8-9/h9H,4-8H2,1-3H3. The molecule has 0 radical (unpaired) electrons. The summed E-state index contributed by atoms with van der Waals surface area (Å²) in [5.41, 5.74) is -0.102. The van der Waals surface area contributed by atoms with Crippen LogP contribution in [0.5, 0.6) is 0 Å². The average Bonchev–Trinajstić information content (AvgIpc) is 2.06. The highest BCUT2D eigenvalue weighted by Gasteiger charge is 2.32. The second-order valence-corrected chi connectivity index (χ2v) is 4.19. The molecule has 2 heteroatoms. The molecule has 1 rings (SSSR count). The van der Waals surface area contributed by atoms with Crippen molar-refractivity contribution in [1.29, 1.82) is 0 Å². The zero-order valence-corrected chi connectivity index (χ0v) is 8.43. The Morgan fingerprint density at radius 3 is 2.17 bits per heavy atom. The van der Waals surface area contributed by atoms with Gasteiger partial charge >= 0.3 is 0 Å². The molecule has 1 aliphatic rings. The molecule has 0 unspecified atom stereocenters. The Labute approximate surface area is 75.2 Å². The van der Waals surface area contributed by atoms with Crippen molar-refractivity contribution in [1.82, 2.24) is 0 Å². The molecule has 0 atom stereocenters. The van der Waals surface area contributed by atoms with Crippen LogP contribution in [-0.2, 0) is 9.78 Å². The van der Waals surface area contributed by atoms with Crippen molar-refractivity contribution in [3.63, 3.8) is 0 Å². The van der Waals surface area contributed by atoms with E-state index in [2.05, 4.69) is 13.8 Å². The van der Waals surface area contributed by atoms with Gasteiger partial charge in [0.1, 0.15) is 5.60 Å². The first-order chi connectivity index (χ1) is 5.67. The first kappa shape index (κ1) is 10.0. The maximum Gasteiger partial charge on any atom is 0.101 e. The molecule has 1 saturated carbocycles. The van der Waals surface area contributed by atoms with E-state index in [-0.39, 0.29) is 5.60 Å². The minimum Gasteiger partial charge on any atom is -0.240 e. The van der Waals surface area contributed by atoms with Gasteiger partial charge in [0.2, 0.25) is 0 Å². The minimum atomic E-state index is -0.102. The highest BCUT2D eigenvalue weighted by atomic mass is 17.2. The van der Waals surface area contributed by atoms with Gasteiger partial charge in [0.15, 0.2) is 0 Å². The molecule has 72 valence electrons. The lowest BCUT2D eigenvalue weighted by atomic mass is 9.79. The van der Waals surface area contributed by atoms with E-state index in [9.17, 15) is 0 Å². The van der Waals surface area contributed by atoms with Gasteiger partial charge in [0.05, 0.1) is 7.11 Å². The van der Waals surface area contributed by atoms with Crippen LogP contribution < -0.4 is 0 Å². The van der Waals surface area contributed by atoms with Gasteiger partial charge in [-0.2, -0.15) is 0 Å². The molecule has 0 aromatic heterocycles. The highest BCUT2D eigenvalue weighted by molar-refractivity contribution is 4.80. The Morgan fingerprint density at radius 2 is 1.67 bits per heavy atom. The smallest absolute Gasteiger partial charge is 0.101 e. The molecular weight excluding hydrogens is 152 g/mol. The topological polar surface area (TPSA) is 18.5 Å². The van der Waals surface area contributed by atoms with Crippen LogP contribution in [0.4, 0.5) is 0 Å². The predicted octanol–water partition coefficient (Wildman–Crippen LogP) is 2.92. The van der Waals surface area contributed by atoms with Gasteiger partial charge in [0, 0.05) is 0 Å². The first-order valence-corrected chi connectivity index (χ1v) is 4.88. The van der Waals surface area contributed by atoms with Gasteiger partial charge in [-0.05, 0) is 32.6 Å². The van der Waals surface area contributed by atoms with Crippen LogP contribution in [0, 0.1) is 5.92 Å². The summed E-state index contributed by atoms with van der Waals surface area (Å²) in [6.07, 6.45) is 6.66. The van der Waals surface area contributed by atoms with E-state index in [1.54, 1.807) is 7.11 Å². The molecule has 0 spiro atoms. The third-order valence-electron chi connectivity index (χ3n) is 2.89. The predicted molar refractivity (Wildman–Crippen MR) is 48.7 cm³/mol. The summed E-state index contributed by atoms with van der Waals surface area (Å²) in [5.74, 6) is 0.672. The van der Waals surface area contributed by atoms with Gasteiger partial charge in [-0.1, -0.05) is 19.3 Å². The molecule has 0 saturated heterocycles. The molecule has 0 aromatic carbocycles. The highest BCUT2D eigenvalue weighted by Crippen LogP contribution is 2.34. The quantitative estimate of drug-likeness (QED) is 0.481. The maximum absolute atomic E-state index is 5.27. The molecule has 1 fully saturated rings. The Kier molecular flexibility index (Phi) is 3.53. The SMILES string of the molecule is COOC(C)(C)C1CCCCC1. The summed E-state index contributed by atoms with van der Waals surface area (Å²) >= 11 is 0. The van der Waals surface area contributed by atoms with Crippen molar-refractivity contribution in [3.8, 4) is 0 Å². The van der Waals surface area contributed by atoms with Crippen molar-refractivity contribution < 1.29 is 9.78 Å². The monoisotopic (exact) mass is 172 g/mol. The van der Waals surface area contributed by atoms with E-state index in [0.29, 0.717) is 5.92 Å². The number of hydrogen-bond donors (Lipinski definition) is 0. The summed E-state index contributed by atoms with van der Waals surface area (Å²) in [6, 6.07) is 0. The maximum atomic E-state index is 5.27. The molecule has 0 aromatic rings. The Hall–Kier alpha value is -0.0800. The number of hydrogen-bond acceptors (Lipinski definition) is 2. The average molecular weight is 172 g/mol. The molecule has 0 N–H and O–H groups in total. The third-order valence-corrected chi connectivity index (χ3v) is 2.89. The largest absolute Gasteiger partial charge is 0.240 e. The van der Waals surface area contributed by atoms with E-state index in [1.165, 1.54) is 32.1 Å². The lowest BCUT2D eigenvalue weighted by Gasteiger charge is -2.34. The van der Waals surface area contributed by atoms with E-state index >= 15 is 0 Å². The second kappa shape index (κ2) is 4.24. The molecule has 1 aliphatic carbocycles. The first-order valence-electron chi connectivity index (χ1n) is 4.88. The van der Waals surface area contributed by atoms with Crippen molar-refractivity contribution in [3.05, 3.63) is 0 Å². The van der Waals surface area contributed by atoms with Gasteiger partial charge in [-0.15, -0.1) is 0 Å². The van der Waals surface area contributed by atoms with Gasteiger partial charge < -0.3 is 0 Å². The third kappa shape index (κ3) is 2.46. The molecule has 0 amide bonds. The normalized spacial score (nSPS) is 21.2. The Bertz CT molecular complexity index is 126. The summed E-state index contributed by atoms with van der Waals surface area (Å²) in [5, 5.41) is 0. The summed E-state index contributed by atoms with van der Waals surface area (Å²) in [7, 11) is 1.59. The van der Waals surface area contributed by atoms with Crippen LogP contribution in [-0.4, -0.2) is 12.7 Å². The zero-order chi connectivity index (χ0) is 9.03. The summed E-state index contributed by atoms with van der Waals surface area (Å²) in [4.78, 5) is 10.0. The van der Waals surface area contributed by atoms with E-state index in [4.69, 9.17) is 9.78 Å². The Balaban J connectivity index is 2.41. The van der Waals surface area contributed by atoms with Crippen molar-refractivity contribution >= 4 is 0 Å². The van der Waals surface area contributed by atoms with Crippen LogP contribution in [0.3, 0.4) is 0 Å². The van der Waals surface area contributed by atoms with Crippen molar-refractivity contribution in [2.45, 2.75) is 51.6 Å². The summed E-state index contributed by atoms with van der Waals surface area (Å²) < 4.78 is 0. The van der Waals surface area contributed by atoms with Crippen LogP contribution in [0.2, 0.25) is 0 Å². The molecule has 0 heterocycles. The van der Waals surface area contributed by atoms with E-state index in [1.807, 2.05) is 0 Å². The fraction of sp³-hybridized carbons (Fsp3) is 1.00. The van der Waals surface area contributed by atoms with Crippen LogP contribution in [0.15, 0.2) is 0 Å². The van der Waals surface area contributed by atoms with E-state index in [0.717, 1.165) is 0 Å². The van der Waals surface area contributed by atoms with E-state index < -0.39 is 0 Å². The molecule has 12 heavy (non-hydrogen) atoms. The number of rotatable bonds is 3. The molecule has 0 bridgehead atoms. The van der Waals surface area contributed by atoms with Crippen LogP contribution >= 0.6 is 0 Å². The van der Waals surface area contributed by atoms with Gasteiger partial charge in [-0.3, -0.25) is 0 Å². The molecule has 0 aliphatic heterocycles. The van der Waals surface area contributed by atoms with Crippen molar-refractivity contribution in [2.24, 2.45) is 5.92 Å². The second-order valence-electron chi connectivity index (χ2n) is 4.19. The van der Waals surface area contributed by atoms with Gasteiger partial charge in [0.25, 0.3) is 0 Å².